The Balaban J connectivity index is 1.35. The SMILES string of the molecule is COc1cccc(-n2cnnc2SCC(=O)N2CCc3sccc3C2c2cccs2)c1. The molecule has 0 saturated heterocycles. The van der Waals surface area contributed by atoms with Crippen LogP contribution >= 0.6 is 34.4 Å². The minimum atomic E-state index is -0.000598. The number of nitrogens with zero attached hydrogens (tertiary/aromatic N) is 4. The van der Waals surface area contributed by atoms with E-state index in [1.165, 1.54) is 27.1 Å². The van der Waals surface area contributed by atoms with Crippen LogP contribution < -0.4 is 4.74 Å². The van der Waals surface area contributed by atoms with Crippen molar-refractivity contribution in [2.75, 3.05) is 19.4 Å². The fourth-order valence-electron chi connectivity index (χ4n) is 3.81. The average Bonchev–Trinajstić information content (AvgIpc) is 3.58. The third-order valence-electron chi connectivity index (χ3n) is 5.27. The van der Waals surface area contributed by atoms with E-state index in [9.17, 15) is 4.79 Å². The number of hydrogen-bond acceptors (Lipinski definition) is 7. The van der Waals surface area contributed by atoms with Crippen LogP contribution in [0.5, 0.6) is 5.75 Å². The third kappa shape index (κ3) is 4.00. The predicted molar refractivity (Wildman–Crippen MR) is 125 cm³/mol. The van der Waals surface area contributed by atoms with E-state index in [0.29, 0.717) is 10.9 Å². The van der Waals surface area contributed by atoms with Gasteiger partial charge in [0, 0.05) is 22.4 Å². The molecule has 0 bridgehead atoms. The van der Waals surface area contributed by atoms with Crippen LogP contribution in [0, 0.1) is 0 Å². The van der Waals surface area contributed by atoms with Gasteiger partial charge in [-0.1, -0.05) is 23.9 Å². The number of aromatic nitrogens is 3. The molecule has 1 atom stereocenters. The maximum absolute atomic E-state index is 13.3. The molecule has 0 spiro atoms. The van der Waals surface area contributed by atoms with Crippen molar-refractivity contribution >= 4 is 40.3 Å². The number of rotatable bonds is 6. The monoisotopic (exact) mass is 468 g/mol. The van der Waals surface area contributed by atoms with Gasteiger partial charge >= 0.3 is 0 Å². The number of methoxy groups -OCH3 is 1. The van der Waals surface area contributed by atoms with Crippen LogP contribution in [0.3, 0.4) is 0 Å². The molecule has 1 aliphatic rings. The zero-order valence-electron chi connectivity index (χ0n) is 16.8. The molecule has 158 valence electrons. The molecule has 1 unspecified atom stereocenters. The Labute approximate surface area is 192 Å². The van der Waals surface area contributed by atoms with Crippen LogP contribution in [0.4, 0.5) is 0 Å². The average molecular weight is 469 g/mol. The Morgan fingerprint density at radius 2 is 2.16 bits per heavy atom. The number of amides is 1. The van der Waals surface area contributed by atoms with E-state index in [1.54, 1.807) is 36.1 Å². The lowest BCUT2D eigenvalue weighted by atomic mass is 9.98. The number of benzene rings is 1. The molecule has 5 rings (SSSR count). The standard InChI is InChI=1S/C22H20N4O2S3/c1-28-16-5-2-4-15(12-16)26-14-23-24-22(26)31-13-20(27)25-9-7-18-17(8-11-30-18)21(25)19-6-3-10-29-19/h2-6,8,10-12,14,21H,7,9,13H2,1H3. The summed E-state index contributed by atoms with van der Waals surface area (Å²) in [5, 5.41) is 13.2. The van der Waals surface area contributed by atoms with Gasteiger partial charge in [-0.05, 0) is 47.0 Å². The molecular weight excluding hydrogens is 448 g/mol. The second kappa shape index (κ2) is 8.86. The Bertz CT molecular complexity index is 1190. The summed E-state index contributed by atoms with van der Waals surface area (Å²) in [7, 11) is 1.64. The third-order valence-corrected chi connectivity index (χ3v) is 8.12. The molecule has 1 aliphatic heterocycles. The second-order valence-electron chi connectivity index (χ2n) is 7.03. The minimum Gasteiger partial charge on any atom is -0.497 e. The number of ether oxygens (including phenoxy) is 1. The molecule has 3 aromatic heterocycles. The van der Waals surface area contributed by atoms with Crippen molar-refractivity contribution in [1.29, 1.82) is 0 Å². The van der Waals surface area contributed by atoms with Gasteiger partial charge in [-0.2, -0.15) is 0 Å². The first-order valence-corrected chi connectivity index (χ1v) is 12.6. The van der Waals surface area contributed by atoms with Gasteiger partial charge in [0.25, 0.3) is 0 Å². The Morgan fingerprint density at radius 1 is 1.23 bits per heavy atom. The molecule has 0 radical (unpaired) electrons. The zero-order valence-corrected chi connectivity index (χ0v) is 19.3. The molecule has 1 aromatic carbocycles. The zero-order chi connectivity index (χ0) is 21.2. The quantitative estimate of drug-likeness (QED) is 0.385. The smallest absolute Gasteiger partial charge is 0.233 e. The summed E-state index contributed by atoms with van der Waals surface area (Å²) in [6.07, 6.45) is 2.57. The first-order chi connectivity index (χ1) is 15.2. The molecule has 4 heterocycles. The minimum absolute atomic E-state index is 0.000598. The number of hydrogen-bond donors (Lipinski definition) is 0. The summed E-state index contributed by atoms with van der Waals surface area (Å²) in [4.78, 5) is 17.9. The Morgan fingerprint density at radius 3 is 3.00 bits per heavy atom. The Kier molecular flexibility index (Phi) is 5.80. The molecule has 9 heteroatoms. The number of thiophene rings is 2. The summed E-state index contributed by atoms with van der Waals surface area (Å²) in [5.74, 6) is 1.18. The van der Waals surface area contributed by atoms with Gasteiger partial charge in [0.2, 0.25) is 5.91 Å². The molecule has 4 aromatic rings. The summed E-state index contributed by atoms with van der Waals surface area (Å²) < 4.78 is 7.20. The van der Waals surface area contributed by atoms with Gasteiger partial charge in [0.1, 0.15) is 12.1 Å². The van der Waals surface area contributed by atoms with Gasteiger partial charge in [-0.3, -0.25) is 9.36 Å². The lowest BCUT2D eigenvalue weighted by Crippen LogP contribution is -2.40. The van der Waals surface area contributed by atoms with E-state index in [4.69, 9.17) is 4.74 Å². The van der Waals surface area contributed by atoms with E-state index in [0.717, 1.165) is 24.4 Å². The molecule has 0 saturated carbocycles. The van der Waals surface area contributed by atoms with Crippen LogP contribution in [-0.4, -0.2) is 45.0 Å². The van der Waals surface area contributed by atoms with E-state index < -0.39 is 0 Å². The van der Waals surface area contributed by atoms with Gasteiger partial charge in [0.05, 0.1) is 24.6 Å². The van der Waals surface area contributed by atoms with Crippen molar-refractivity contribution in [3.8, 4) is 11.4 Å². The highest BCUT2D eigenvalue weighted by molar-refractivity contribution is 7.99. The van der Waals surface area contributed by atoms with Crippen molar-refractivity contribution in [1.82, 2.24) is 19.7 Å². The Hall–Kier alpha value is -2.62. The summed E-state index contributed by atoms with van der Waals surface area (Å²) in [6, 6.07) is 14.0. The number of carbonyl (C=O) groups is 1. The van der Waals surface area contributed by atoms with Gasteiger partial charge in [0.15, 0.2) is 5.16 Å². The topological polar surface area (TPSA) is 60.2 Å². The first kappa shape index (κ1) is 20.3. The number of thioether (sulfide) groups is 1. The lowest BCUT2D eigenvalue weighted by Gasteiger charge is -2.35. The molecule has 6 nitrogen and oxygen atoms in total. The highest BCUT2D eigenvalue weighted by Gasteiger charge is 2.33. The van der Waals surface area contributed by atoms with Crippen LogP contribution in [0.2, 0.25) is 0 Å². The van der Waals surface area contributed by atoms with Gasteiger partial charge in [-0.15, -0.1) is 32.9 Å². The summed E-state index contributed by atoms with van der Waals surface area (Å²) >= 11 is 4.90. The van der Waals surface area contributed by atoms with Gasteiger partial charge < -0.3 is 9.64 Å². The fraction of sp³-hybridized carbons (Fsp3) is 0.227. The summed E-state index contributed by atoms with van der Waals surface area (Å²) in [5.41, 5.74) is 2.16. The van der Waals surface area contributed by atoms with E-state index in [-0.39, 0.29) is 11.9 Å². The maximum atomic E-state index is 13.3. The predicted octanol–water partition coefficient (Wildman–Crippen LogP) is 4.67. The van der Waals surface area contributed by atoms with Crippen molar-refractivity contribution in [2.24, 2.45) is 0 Å². The van der Waals surface area contributed by atoms with Crippen LogP contribution in [-0.2, 0) is 11.2 Å². The molecule has 0 aliphatic carbocycles. The highest BCUT2D eigenvalue weighted by atomic mass is 32.2. The van der Waals surface area contributed by atoms with Crippen molar-refractivity contribution < 1.29 is 9.53 Å². The molecule has 1 amide bonds. The number of fused-ring (bicyclic) bond motifs is 1. The summed E-state index contributed by atoms with van der Waals surface area (Å²) in [6.45, 7) is 0.734. The van der Waals surface area contributed by atoms with Crippen molar-refractivity contribution in [3.05, 3.63) is 74.9 Å². The molecule has 31 heavy (non-hydrogen) atoms. The number of carbonyl (C=O) groups excluding carboxylic acids is 1. The van der Waals surface area contributed by atoms with Crippen LogP contribution in [0.15, 0.2) is 64.7 Å². The van der Waals surface area contributed by atoms with Gasteiger partial charge in [-0.25, -0.2) is 0 Å². The van der Waals surface area contributed by atoms with E-state index in [1.807, 2.05) is 33.7 Å². The molecular formula is C22H20N4O2S3. The fourth-order valence-corrected chi connectivity index (χ4v) is 6.38. The lowest BCUT2D eigenvalue weighted by molar-refractivity contribution is -0.130. The van der Waals surface area contributed by atoms with Crippen LogP contribution in [0.25, 0.3) is 5.69 Å². The largest absolute Gasteiger partial charge is 0.497 e. The molecule has 0 fully saturated rings. The van der Waals surface area contributed by atoms with Crippen molar-refractivity contribution in [3.63, 3.8) is 0 Å². The van der Waals surface area contributed by atoms with Crippen molar-refractivity contribution in [2.45, 2.75) is 17.6 Å². The first-order valence-electron chi connectivity index (χ1n) is 9.81. The van der Waals surface area contributed by atoms with E-state index >= 15 is 0 Å². The molecule has 0 N–H and O–H groups in total. The highest BCUT2D eigenvalue weighted by Crippen LogP contribution is 2.39. The normalized spacial score (nSPS) is 15.6. The maximum Gasteiger partial charge on any atom is 0.233 e. The van der Waals surface area contributed by atoms with E-state index in [2.05, 4.69) is 39.2 Å². The van der Waals surface area contributed by atoms with Crippen LogP contribution in [0.1, 0.15) is 21.4 Å². The second-order valence-corrected chi connectivity index (χ2v) is 9.95.